The highest BCUT2D eigenvalue weighted by Crippen LogP contribution is 2.26. The van der Waals surface area contributed by atoms with Gasteiger partial charge in [-0.1, -0.05) is 23.7 Å². The largest absolute Gasteiger partial charge is 0.320 e. The molecule has 15 heavy (non-hydrogen) atoms. The topological polar surface area (TPSA) is 26.0 Å². The summed E-state index contributed by atoms with van der Waals surface area (Å²) in [6.07, 6.45) is 0. The van der Waals surface area contributed by atoms with Crippen LogP contribution in [0, 0.1) is 6.92 Å². The molecule has 78 valence electrons. The number of rotatable bonds is 2. The Labute approximate surface area is 98.5 Å². The Hall–Kier alpha value is -0.830. The summed E-state index contributed by atoms with van der Waals surface area (Å²) in [7, 11) is 0. The molecule has 1 aromatic carbocycles. The molecule has 1 nitrogen and oxygen atoms in total. The van der Waals surface area contributed by atoms with E-state index in [1.807, 2.05) is 36.6 Å². The molecule has 2 rings (SSSR count). The van der Waals surface area contributed by atoms with E-state index < -0.39 is 0 Å². The number of hydrogen-bond acceptors (Lipinski definition) is 2. The number of aryl methyl sites for hydroxylation is 1. The van der Waals surface area contributed by atoms with Gasteiger partial charge in [-0.3, -0.25) is 0 Å². The van der Waals surface area contributed by atoms with Gasteiger partial charge in [0.15, 0.2) is 0 Å². The van der Waals surface area contributed by atoms with Crippen molar-refractivity contribution in [1.82, 2.24) is 0 Å². The summed E-state index contributed by atoms with van der Waals surface area (Å²) in [5.41, 5.74) is 8.37. The molecular formula is C12H12ClNS. The molecule has 0 radical (unpaired) electrons. The van der Waals surface area contributed by atoms with Gasteiger partial charge in [0.1, 0.15) is 0 Å². The summed E-state index contributed by atoms with van der Waals surface area (Å²) in [4.78, 5) is 1.16. The minimum absolute atomic E-state index is 0.0672. The number of thiophene rings is 1. The lowest BCUT2D eigenvalue weighted by Crippen LogP contribution is -2.10. The summed E-state index contributed by atoms with van der Waals surface area (Å²) in [6, 6.07) is 9.94. The van der Waals surface area contributed by atoms with Crippen LogP contribution in [0.15, 0.2) is 35.7 Å². The fourth-order valence-corrected chi connectivity index (χ4v) is 2.63. The highest BCUT2D eigenvalue weighted by molar-refractivity contribution is 7.10. The van der Waals surface area contributed by atoms with Crippen molar-refractivity contribution in [2.24, 2.45) is 5.73 Å². The predicted octanol–water partition coefficient (Wildman–Crippen LogP) is 3.76. The first-order valence-corrected chi connectivity index (χ1v) is 5.98. The van der Waals surface area contributed by atoms with Crippen LogP contribution in [0.3, 0.4) is 0 Å². The lowest BCUT2D eigenvalue weighted by molar-refractivity contribution is 0.891. The van der Waals surface area contributed by atoms with Gasteiger partial charge in [0.05, 0.1) is 6.04 Å². The van der Waals surface area contributed by atoms with Crippen LogP contribution < -0.4 is 5.73 Å². The van der Waals surface area contributed by atoms with Crippen molar-refractivity contribution < 1.29 is 0 Å². The summed E-state index contributed by atoms with van der Waals surface area (Å²) >= 11 is 7.67. The van der Waals surface area contributed by atoms with E-state index in [-0.39, 0.29) is 6.04 Å². The smallest absolute Gasteiger partial charge is 0.0646 e. The first kappa shape index (κ1) is 10.7. The van der Waals surface area contributed by atoms with Crippen molar-refractivity contribution in [3.05, 3.63) is 56.7 Å². The molecule has 0 spiro atoms. The lowest BCUT2D eigenvalue weighted by atomic mass is 10.0. The summed E-state index contributed by atoms with van der Waals surface area (Å²) in [5, 5.41) is 2.78. The molecule has 0 fully saturated rings. The van der Waals surface area contributed by atoms with Gasteiger partial charge in [-0.15, -0.1) is 11.3 Å². The average molecular weight is 238 g/mol. The van der Waals surface area contributed by atoms with Gasteiger partial charge in [0, 0.05) is 9.90 Å². The zero-order valence-corrected chi connectivity index (χ0v) is 9.98. The van der Waals surface area contributed by atoms with Crippen LogP contribution in [0.1, 0.15) is 22.0 Å². The molecule has 1 heterocycles. The Morgan fingerprint density at radius 2 is 2.13 bits per heavy atom. The van der Waals surface area contributed by atoms with Crippen molar-refractivity contribution in [1.29, 1.82) is 0 Å². The van der Waals surface area contributed by atoms with Crippen LogP contribution >= 0.6 is 22.9 Å². The maximum absolute atomic E-state index is 6.15. The summed E-state index contributed by atoms with van der Waals surface area (Å²) in [5.74, 6) is 0. The highest BCUT2D eigenvalue weighted by Gasteiger charge is 2.10. The Bertz CT molecular complexity index is 430. The molecule has 2 aromatic rings. The number of hydrogen-bond donors (Lipinski definition) is 1. The van der Waals surface area contributed by atoms with Crippen LogP contribution in [0.25, 0.3) is 0 Å². The van der Waals surface area contributed by atoms with E-state index in [0.29, 0.717) is 0 Å². The van der Waals surface area contributed by atoms with E-state index in [1.54, 1.807) is 11.3 Å². The van der Waals surface area contributed by atoms with Gasteiger partial charge in [0.2, 0.25) is 0 Å². The van der Waals surface area contributed by atoms with Gasteiger partial charge in [-0.05, 0) is 41.6 Å². The first-order valence-electron chi connectivity index (χ1n) is 4.73. The fraction of sp³-hybridized carbons (Fsp3) is 0.167. The van der Waals surface area contributed by atoms with Crippen molar-refractivity contribution in [3.63, 3.8) is 0 Å². The predicted molar refractivity (Wildman–Crippen MR) is 66.5 cm³/mol. The lowest BCUT2D eigenvalue weighted by Gasteiger charge is -2.11. The second-order valence-electron chi connectivity index (χ2n) is 3.56. The van der Waals surface area contributed by atoms with E-state index in [2.05, 4.69) is 6.07 Å². The quantitative estimate of drug-likeness (QED) is 0.846. The molecule has 1 atom stereocenters. The van der Waals surface area contributed by atoms with Crippen LogP contribution in [0.5, 0.6) is 0 Å². The number of halogens is 1. The zero-order chi connectivity index (χ0) is 10.8. The highest BCUT2D eigenvalue weighted by atomic mass is 35.5. The minimum atomic E-state index is -0.0672. The van der Waals surface area contributed by atoms with E-state index >= 15 is 0 Å². The van der Waals surface area contributed by atoms with Gasteiger partial charge in [-0.25, -0.2) is 0 Å². The Morgan fingerprint density at radius 1 is 1.33 bits per heavy atom. The fourth-order valence-electron chi connectivity index (χ4n) is 1.58. The Kier molecular flexibility index (Phi) is 3.10. The van der Waals surface area contributed by atoms with Gasteiger partial charge < -0.3 is 5.73 Å². The van der Waals surface area contributed by atoms with E-state index in [9.17, 15) is 0 Å². The average Bonchev–Trinajstić information content (AvgIpc) is 2.67. The van der Waals surface area contributed by atoms with Crippen LogP contribution in [0.2, 0.25) is 5.02 Å². The maximum atomic E-state index is 6.15. The molecule has 0 amide bonds. The van der Waals surface area contributed by atoms with E-state index in [1.165, 1.54) is 0 Å². The van der Waals surface area contributed by atoms with Gasteiger partial charge in [0.25, 0.3) is 0 Å². The molecule has 0 saturated heterocycles. The van der Waals surface area contributed by atoms with Crippen LogP contribution in [-0.4, -0.2) is 0 Å². The molecule has 0 aliphatic carbocycles. The van der Waals surface area contributed by atoms with Gasteiger partial charge >= 0.3 is 0 Å². The van der Waals surface area contributed by atoms with E-state index in [4.69, 9.17) is 17.3 Å². The third-order valence-corrected chi connectivity index (χ3v) is 3.45. The zero-order valence-electron chi connectivity index (χ0n) is 8.41. The van der Waals surface area contributed by atoms with Gasteiger partial charge in [-0.2, -0.15) is 0 Å². The van der Waals surface area contributed by atoms with Crippen molar-refractivity contribution in [2.45, 2.75) is 13.0 Å². The Balaban J connectivity index is 2.37. The summed E-state index contributed by atoms with van der Waals surface area (Å²) < 4.78 is 0. The molecule has 0 bridgehead atoms. The van der Waals surface area contributed by atoms with Crippen LogP contribution in [0.4, 0.5) is 0 Å². The van der Waals surface area contributed by atoms with Crippen molar-refractivity contribution in [2.75, 3.05) is 0 Å². The van der Waals surface area contributed by atoms with Crippen molar-refractivity contribution >= 4 is 22.9 Å². The maximum Gasteiger partial charge on any atom is 0.0646 e. The van der Waals surface area contributed by atoms with E-state index in [0.717, 1.165) is 21.0 Å². The second kappa shape index (κ2) is 4.35. The number of benzene rings is 1. The molecule has 1 aromatic heterocycles. The molecular weight excluding hydrogens is 226 g/mol. The van der Waals surface area contributed by atoms with Crippen LogP contribution in [-0.2, 0) is 0 Å². The molecule has 3 heteroatoms. The Morgan fingerprint density at radius 3 is 2.73 bits per heavy atom. The summed E-state index contributed by atoms with van der Waals surface area (Å²) in [6.45, 7) is 2.02. The van der Waals surface area contributed by atoms with Crippen molar-refractivity contribution in [3.8, 4) is 0 Å². The molecule has 0 aliphatic rings. The number of nitrogens with two attached hydrogens (primary N) is 1. The molecule has 0 aliphatic heterocycles. The minimum Gasteiger partial charge on any atom is -0.320 e. The molecule has 1 unspecified atom stereocenters. The SMILES string of the molecule is Cc1cc(Cl)cc(C(N)c2cccs2)c1. The molecule has 0 saturated carbocycles. The normalized spacial score (nSPS) is 12.7. The molecule has 2 N–H and O–H groups in total. The third kappa shape index (κ3) is 2.40. The standard InChI is InChI=1S/C12H12ClNS/c1-8-5-9(7-10(13)6-8)12(14)11-3-2-4-15-11/h2-7,12H,14H2,1H3. The first-order chi connectivity index (χ1) is 7.16. The second-order valence-corrected chi connectivity index (χ2v) is 4.97. The third-order valence-electron chi connectivity index (χ3n) is 2.27. The monoisotopic (exact) mass is 237 g/mol.